The minimum absolute atomic E-state index is 0.449. The first-order valence-corrected chi connectivity index (χ1v) is 7.35. The van der Waals surface area contributed by atoms with Crippen LogP contribution in [0.1, 0.15) is 39.5 Å². The van der Waals surface area contributed by atoms with Gasteiger partial charge in [-0.2, -0.15) is 0 Å². The van der Waals surface area contributed by atoms with E-state index in [1.807, 2.05) is 0 Å². The first-order valence-electron chi connectivity index (χ1n) is 7.35. The fourth-order valence-corrected chi connectivity index (χ4v) is 3.11. The van der Waals surface area contributed by atoms with E-state index in [1.54, 1.807) is 0 Å². The third-order valence-corrected chi connectivity index (χ3v) is 4.51. The van der Waals surface area contributed by atoms with Crippen LogP contribution in [0.5, 0.6) is 0 Å². The van der Waals surface area contributed by atoms with Crippen LogP contribution < -0.4 is 10.6 Å². The molecule has 2 rings (SSSR count). The Hall–Kier alpha value is -0.120. The van der Waals surface area contributed by atoms with Gasteiger partial charge < -0.3 is 15.4 Å². The molecular weight excluding hydrogens is 212 g/mol. The molecule has 2 fully saturated rings. The van der Waals surface area contributed by atoms with Gasteiger partial charge in [0, 0.05) is 25.7 Å². The van der Waals surface area contributed by atoms with Crippen molar-refractivity contribution in [3.8, 4) is 0 Å². The fraction of sp³-hybridized carbons (Fsp3) is 1.00. The van der Waals surface area contributed by atoms with Crippen LogP contribution in [0, 0.1) is 11.8 Å². The van der Waals surface area contributed by atoms with Crippen molar-refractivity contribution in [2.45, 2.75) is 51.7 Å². The van der Waals surface area contributed by atoms with E-state index in [-0.39, 0.29) is 0 Å². The van der Waals surface area contributed by atoms with Crippen molar-refractivity contribution in [3.63, 3.8) is 0 Å². The van der Waals surface area contributed by atoms with Gasteiger partial charge in [0.2, 0.25) is 0 Å². The molecule has 3 heteroatoms. The first-order chi connectivity index (χ1) is 8.29. The minimum Gasteiger partial charge on any atom is -0.378 e. The second-order valence-electron chi connectivity index (χ2n) is 5.73. The summed E-state index contributed by atoms with van der Waals surface area (Å²) in [7, 11) is 0. The normalized spacial score (nSPS) is 38.5. The maximum Gasteiger partial charge on any atom is 0.0588 e. The standard InChI is InChI=1S/C14H28N2O/c1-3-12-4-6-16-14(8-12)10-15-9-13-5-7-17-11(13)2/h11-16H,3-10H2,1-2H3. The zero-order valence-corrected chi connectivity index (χ0v) is 11.4. The molecule has 0 aromatic rings. The molecule has 0 amide bonds. The summed E-state index contributed by atoms with van der Waals surface area (Å²) in [4.78, 5) is 0. The van der Waals surface area contributed by atoms with Crippen molar-refractivity contribution >= 4 is 0 Å². The van der Waals surface area contributed by atoms with E-state index in [1.165, 1.54) is 32.2 Å². The molecule has 2 aliphatic rings. The highest BCUT2D eigenvalue weighted by Crippen LogP contribution is 2.20. The van der Waals surface area contributed by atoms with Gasteiger partial charge >= 0.3 is 0 Å². The van der Waals surface area contributed by atoms with Crippen molar-refractivity contribution in [1.29, 1.82) is 0 Å². The fourth-order valence-electron chi connectivity index (χ4n) is 3.11. The van der Waals surface area contributed by atoms with Crippen LogP contribution in [-0.4, -0.2) is 38.4 Å². The minimum atomic E-state index is 0.449. The summed E-state index contributed by atoms with van der Waals surface area (Å²) >= 11 is 0. The summed E-state index contributed by atoms with van der Waals surface area (Å²) < 4.78 is 5.59. The third kappa shape index (κ3) is 3.94. The van der Waals surface area contributed by atoms with Crippen LogP contribution >= 0.6 is 0 Å². The molecule has 2 N–H and O–H groups in total. The molecule has 100 valence electrons. The van der Waals surface area contributed by atoms with Gasteiger partial charge in [0.05, 0.1) is 6.10 Å². The molecular formula is C14H28N2O. The molecule has 4 unspecified atom stereocenters. The predicted octanol–water partition coefficient (Wildman–Crippen LogP) is 1.78. The predicted molar refractivity (Wildman–Crippen MR) is 71.2 cm³/mol. The van der Waals surface area contributed by atoms with Crippen LogP contribution in [0.3, 0.4) is 0 Å². The van der Waals surface area contributed by atoms with E-state index in [0.29, 0.717) is 12.1 Å². The van der Waals surface area contributed by atoms with E-state index in [9.17, 15) is 0 Å². The van der Waals surface area contributed by atoms with Crippen LogP contribution in [0.25, 0.3) is 0 Å². The average Bonchev–Trinajstić information content (AvgIpc) is 2.76. The molecule has 0 aromatic heterocycles. The van der Waals surface area contributed by atoms with Gasteiger partial charge in [0.25, 0.3) is 0 Å². The third-order valence-electron chi connectivity index (χ3n) is 4.51. The number of hydrogen-bond acceptors (Lipinski definition) is 3. The van der Waals surface area contributed by atoms with E-state index in [2.05, 4.69) is 24.5 Å². The molecule has 0 aliphatic carbocycles. The van der Waals surface area contributed by atoms with Crippen LogP contribution in [0.15, 0.2) is 0 Å². The zero-order valence-electron chi connectivity index (χ0n) is 11.4. The Kier molecular flexibility index (Phi) is 5.26. The molecule has 3 nitrogen and oxygen atoms in total. The largest absolute Gasteiger partial charge is 0.378 e. The number of ether oxygens (including phenoxy) is 1. The van der Waals surface area contributed by atoms with E-state index >= 15 is 0 Å². The van der Waals surface area contributed by atoms with Crippen molar-refractivity contribution < 1.29 is 4.74 Å². The Bertz CT molecular complexity index is 222. The number of piperidine rings is 1. The van der Waals surface area contributed by atoms with Gasteiger partial charge in [0.1, 0.15) is 0 Å². The summed E-state index contributed by atoms with van der Waals surface area (Å²) in [6.07, 6.45) is 5.72. The van der Waals surface area contributed by atoms with Gasteiger partial charge in [0.15, 0.2) is 0 Å². The molecule has 2 heterocycles. The second-order valence-corrected chi connectivity index (χ2v) is 5.73. The van der Waals surface area contributed by atoms with Crippen molar-refractivity contribution in [3.05, 3.63) is 0 Å². The SMILES string of the molecule is CCC1CCNC(CNCC2CCOC2C)C1. The Morgan fingerprint density at radius 3 is 2.88 bits per heavy atom. The number of nitrogens with one attached hydrogen (secondary N) is 2. The van der Waals surface area contributed by atoms with Crippen LogP contribution in [0.4, 0.5) is 0 Å². The monoisotopic (exact) mass is 240 g/mol. The highest BCUT2D eigenvalue weighted by Gasteiger charge is 2.24. The Labute approximate surface area is 106 Å². The smallest absolute Gasteiger partial charge is 0.0588 e. The highest BCUT2D eigenvalue weighted by atomic mass is 16.5. The molecule has 17 heavy (non-hydrogen) atoms. The van der Waals surface area contributed by atoms with Crippen molar-refractivity contribution in [2.24, 2.45) is 11.8 Å². The maximum absolute atomic E-state index is 5.59. The Morgan fingerprint density at radius 1 is 1.29 bits per heavy atom. The molecule has 0 saturated carbocycles. The maximum atomic E-state index is 5.59. The topological polar surface area (TPSA) is 33.3 Å². The van der Waals surface area contributed by atoms with Gasteiger partial charge in [-0.3, -0.25) is 0 Å². The quantitative estimate of drug-likeness (QED) is 0.768. The van der Waals surface area contributed by atoms with Gasteiger partial charge in [-0.15, -0.1) is 0 Å². The molecule has 2 aliphatic heterocycles. The molecule has 4 atom stereocenters. The van der Waals surface area contributed by atoms with Crippen molar-refractivity contribution in [1.82, 2.24) is 10.6 Å². The molecule has 0 aromatic carbocycles. The zero-order chi connectivity index (χ0) is 12.1. The lowest BCUT2D eigenvalue weighted by Crippen LogP contribution is -2.45. The van der Waals surface area contributed by atoms with Crippen LogP contribution in [-0.2, 0) is 4.74 Å². The van der Waals surface area contributed by atoms with E-state index < -0.39 is 0 Å². The number of rotatable bonds is 5. The highest BCUT2D eigenvalue weighted by molar-refractivity contribution is 4.81. The first kappa shape index (κ1) is 13.3. The number of hydrogen-bond donors (Lipinski definition) is 2. The lowest BCUT2D eigenvalue weighted by atomic mass is 9.90. The lowest BCUT2D eigenvalue weighted by molar-refractivity contribution is 0.105. The summed E-state index contributed by atoms with van der Waals surface area (Å²) in [6.45, 7) is 8.92. The Balaban J connectivity index is 1.61. The summed E-state index contributed by atoms with van der Waals surface area (Å²) in [5.74, 6) is 1.66. The Morgan fingerprint density at radius 2 is 2.18 bits per heavy atom. The second kappa shape index (κ2) is 6.72. The van der Waals surface area contributed by atoms with Crippen molar-refractivity contribution in [2.75, 3.05) is 26.2 Å². The van der Waals surface area contributed by atoms with Gasteiger partial charge in [-0.25, -0.2) is 0 Å². The summed E-state index contributed by atoms with van der Waals surface area (Å²) in [5, 5.41) is 7.26. The molecule has 0 radical (unpaired) electrons. The lowest BCUT2D eigenvalue weighted by Gasteiger charge is -2.30. The van der Waals surface area contributed by atoms with E-state index in [0.717, 1.165) is 31.5 Å². The summed E-state index contributed by atoms with van der Waals surface area (Å²) in [5.41, 5.74) is 0. The molecule has 2 saturated heterocycles. The molecule has 0 bridgehead atoms. The average molecular weight is 240 g/mol. The van der Waals surface area contributed by atoms with Gasteiger partial charge in [-0.05, 0) is 44.6 Å². The molecule has 0 spiro atoms. The summed E-state index contributed by atoms with van der Waals surface area (Å²) in [6, 6.07) is 0.686. The van der Waals surface area contributed by atoms with E-state index in [4.69, 9.17) is 4.74 Å². The van der Waals surface area contributed by atoms with Gasteiger partial charge in [-0.1, -0.05) is 13.3 Å². The van der Waals surface area contributed by atoms with Crippen LogP contribution in [0.2, 0.25) is 0 Å².